The van der Waals surface area contributed by atoms with Crippen molar-refractivity contribution in [2.24, 2.45) is 0 Å². The highest BCUT2D eigenvalue weighted by Crippen LogP contribution is 2.26. The highest BCUT2D eigenvalue weighted by Gasteiger charge is 2.26. The van der Waals surface area contributed by atoms with Gasteiger partial charge in [0.1, 0.15) is 12.9 Å². The zero-order valence-electron chi connectivity index (χ0n) is 7.98. The number of H-pyrrole nitrogens is 1. The van der Waals surface area contributed by atoms with Crippen molar-refractivity contribution >= 4 is 0 Å². The summed E-state index contributed by atoms with van der Waals surface area (Å²) in [7, 11) is 0. The van der Waals surface area contributed by atoms with E-state index in [-0.39, 0.29) is 0 Å². The second kappa shape index (κ2) is 3.98. The van der Waals surface area contributed by atoms with E-state index in [0.29, 0.717) is 12.8 Å². The van der Waals surface area contributed by atoms with Crippen LogP contribution in [-0.4, -0.2) is 22.3 Å². The van der Waals surface area contributed by atoms with Crippen LogP contribution >= 0.6 is 0 Å². The molecule has 0 saturated carbocycles. The van der Waals surface area contributed by atoms with Gasteiger partial charge < -0.3 is 4.74 Å². The summed E-state index contributed by atoms with van der Waals surface area (Å²) >= 11 is 0. The van der Waals surface area contributed by atoms with Crippen molar-refractivity contribution in [3.05, 3.63) is 33.1 Å². The van der Waals surface area contributed by atoms with Crippen molar-refractivity contribution in [3.63, 3.8) is 0 Å². The third-order valence-corrected chi connectivity index (χ3v) is 2.42. The molecule has 0 aliphatic carbocycles. The summed E-state index contributed by atoms with van der Waals surface area (Å²) in [4.78, 5) is 24.3. The zero-order valence-corrected chi connectivity index (χ0v) is 7.98. The minimum Gasteiger partial charge on any atom is -0.352 e. The maximum absolute atomic E-state index is 12.3. The van der Waals surface area contributed by atoms with Crippen molar-refractivity contribution in [3.8, 4) is 0 Å². The summed E-state index contributed by atoms with van der Waals surface area (Å²) in [6.07, 6.45) is 1.64. The maximum Gasteiger partial charge on any atom is 0.330 e. The molecule has 1 N–H and O–H groups in total. The summed E-state index contributed by atoms with van der Waals surface area (Å²) < 4.78 is 18.8. The molecule has 0 aromatic carbocycles. The van der Waals surface area contributed by atoms with Crippen LogP contribution in [0.25, 0.3) is 0 Å². The van der Waals surface area contributed by atoms with E-state index in [0.717, 1.165) is 0 Å². The highest BCUT2D eigenvalue weighted by molar-refractivity contribution is 4.85. The number of halogens is 1. The monoisotopic (exact) mass is 214 g/mol. The van der Waals surface area contributed by atoms with Gasteiger partial charge in [-0.1, -0.05) is 0 Å². The van der Waals surface area contributed by atoms with Gasteiger partial charge in [0.15, 0.2) is 0 Å². The van der Waals surface area contributed by atoms with Gasteiger partial charge in [-0.15, -0.1) is 0 Å². The fourth-order valence-corrected chi connectivity index (χ4v) is 1.66. The number of hydrogen-bond acceptors (Lipinski definition) is 3. The Bertz CT molecular complexity index is 453. The maximum atomic E-state index is 12.3. The molecule has 0 unspecified atom stereocenters. The Morgan fingerprint density at radius 2 is 2.33 bits per heavy atom. The number of aromatic amines is 1. The molecule has 1 fully saturated rings. The summed E-state index contributed by atoms with van der Waals surface area (Å²) in [6, 6.07) is 1.24. The first-order chi connectivity index (χ1) is 7.20. The smallest absolute Gasteiger partial charge is 0.330 e. The van der Waals surface area contributed by atoms with Gasteiger partial charge in [-0.05, 0) is 12.8 Å². The number of rotatable bonds is 2. The number of hydrogen-bond donors (Lipinski definition) is 1. The SMILES string of the molecule is O=c1ccn([C@H]2CC[C@H](CF)O2)c(=O)[nH]1. The van der Waals surface area contributed by atoms with Crippen LogP contribution < -0.4 is 11.2 Å². The quantitative estimate of drug-likeness (QED) is 0.764. The largest absolute Gasteiger partial charge is 0.352 e. The van der Waals surface area contributed by atoms with Gasteiger partial charge in [-0.2, -0.15) is 0 Å². The van der Waals surface area contributed by atoms with E-state index in [9.17, 15) is 14.0 Å². The van der Waals surface area contributed by atoms with Crippen molar-refractivity contribution in [2.75, 3.05) is 6.67 Å². The molecule has 0 radical (unpaired) electrons. The van der Waals surface area contributed by atoms with E-state index in [2.05, 4.69) is 4.98 Å². The summed E-state index contributed by atoms with van der Waals surface area (Å²) in [5.74, 6) is 0. The number of ether oxygens (including phenoxy) is 1. The second-order valence-corrected chi connectivity index (χ2v) is 3.46. The van der Waals surface area contributed by atoms with E-state index in [1.165, 1.54) is 16.8 Å². The van der Waals surface area contributed by atoms with Crippen molar-refractivity contribution < 1.29 is 9.13 Å². The van der Waals surface area contributed by atoms with Crippen LogP contribution in [0.1, 0.15) is 19.1 Å². The predicted octanol–water partition coefficient (Wildman–Crippen LogP) is 0.184. The van der Waals surface area contributed by atoms with Crippen LogP contribution in [0, 0.1) is 0 Å². The third-order valence-electron chi connectivity index (χ3n) is 2.42. The lowest BCUT2D eigenvalue weighted by Crippen LogP contribution is -2.31. The molecule has 0 spiro atoms. The lowest BCUT2D eigenvalue weighted by Gasteiger charge is -2.13. The first kappa shape index (κ1) is 10.1. The second-order valence-electron chi connectivity index (χ2n) is 3.46. The molecule has 5 nitrogen and oxygen atoms in total. The Hall–Kier alpha value is -1.43. The van der Waals surface area contributed by atoms with Crippen LogP contribution in [0.4, 0.5) is 4.39 Å². The molecule has 0 bridgehead atoms. The number of nitrogens with zero attached hydrogens (tertiary/aromatic N) is 1. The lowest BCUT2D eigenvalue weighted by atomic mass is 10.2. The van der Waals surface area contributed by atoms with Gasteiger partial charge in [0.2, 0.25) is 0 Å². The average Bonchev–Trinajstić information content (AvgIpc) is 2.66. The first-order valence-electron chi connectivity index (χ1n) is 4.73. The fourth-order valence-electron chi connectivity index (χ4n) is 1.66. The number of alkyl halides is 1. The summed E-state index contributed by atoms with van der Waals surface area (Å²) in [5, 5.41) is 0. The molecule has 82 valence electrons. The first-order valence-corrected chi connectivity index (χ1v) is 4.73. The molecule has 1 aromatic rings. The van der Waals surface area contributed by atoms with Crippen LogP contribution in [0.3, 0.4) is 0 Å². The van der Waals surface area contributed by atoms with Gasteiger partial charge in [0, 0.05) is 12.3 Å². The molecule has 1 aliphatic rings. The van der Waals surface area contributed by atoms with E-state index in [4.69, 9.17) is 4.74 Å². The molecular formula is C9H11FN2O3. The van der Waals surface area contributed by atoms with E-state index < -0.39 is 30.3 Å². The Balaban J connectivity index is 2.24. The lowest BCUT2D eigenvalue weighted by molar-refractivity contribution is -0.0106. The Morgan fingerprint density at radius 1 is 1.53 bits per heavy atom. The number of nitrogens with one attached hydrogen (secondary N) is 1. The molecule has 2 heterocycles. The van der Waals surface area contributed by atoms with Crippen molar-refractivity contribution in [1.82, 2.24) is 9.55 Å². The summed E-state index contributed by atoms with van der Waals surface area (Å²) in [5.41, 5.74) is -0.969. The van der Waals surface area contributed by atoms with Gasteiger partial charge in [-0.25, -0.2) is 9.18 Å². The van der Waals surface area contributed by atoms with Crippen molar-refractivity contribution in [2.45, 2.75) is 25.2 Å². The molecule has 1 aromatic heterocycles. The van der Waals surface area contributed by atoms with Gasteiger partial charge in [0.25, 0.3) is 5.56 Å². The van der Waals surface area contributed by atoms with Crippen molar-refractivity contribution in [1.29, 1.82) is 0 Å². The molecule has 6 heteroatoms. The molecule has 0 amide bonds. The molecule has 1 aliphatic heterocycles. The normalized spacial score (nSPS) is 25.7. The molecule has 1 saturated heterocycles. The Morgan fingerprint density at radius 3 is 2.93 bits per heavy atom. The van der Waals surface area contributed by atoms with E-state index in [1.807, 2.05) is 0 Å². The topological polar surface area (TPSA) is 64.1 Å². The third kappa shape index (κ3) is 1.99. The van der Waals surface area contributed by atoms with Gasteiger partial charge in [0.05, 0.1) is 6.10 Å². The van der Waals surface area contributed by atoms with Crippen LogP contribution in [0.15, 0.2) is 21.9 Å². The fraction of sp³-hybridized carbons (Fsp3) is 0.556. The Labute approximate surface area is 84.5 Å². The van der Waals surface area contributed by atoms with E-state index in [1.54, 1.807) is 0 Å². The molecule has 2 rings (SSSR count). The highest BCUT2D eigenvalue weighted by atomic mass is 19.1. The van der Waals surface area contributed by atoms with Gasteiger partial charge >= 0.3 is 5.69 Å². The minimum absolute atomic E-state index is 0.436. The van der Waals surface area contributed by atoms with Crippen LogP contribution in [-0.2, 0) is 4.74 Å². The molecular weight excluding hydrogens is 203 g/mol. The summed E-state index contributed by atoms with van der Waals surface area (Å²) in [6.45, 7) is -0.547. The molecule has 2 atom stereocenters. The van der Waals surface area contributed by atoms with Gasteiger partial charge in [-0.3, -0.25) is 14.3 Å². The molecule has 15 heavy (non-hydrogen) atoms. The average molecular weight is 214 g/mol. The number of aromatic nitrogens is 2. The predicted molar refractivity (Wildman–Crippen MR) is 50.4 cm³/mol. The minimum atomic E-state index is -0.547. The zero-order chi connectivity index (χ0) is 10.8. The van der Waals surface area contributed by atoms with Crippen LogP contribution in [0.5, 0.6) is 0 Å². The van der Waals surface area contributed by atoms with Crippen LogP contribution in [0.2, 0.25) is 0 Å². The van der Waals surface area contributed by atoms with E-state index >= 15 is 0 Å². The standard InChI is InChI=1S/C9H11FN2O3/c10-5-6-1-2-8(15-6)12-4-3-7(13)11-9(12)14/h3-4,6,8H,1-2,5H2,(H,11,13,14)/t6-,8-/m1/s1. The Kier molecular flexibility index (Phi) is 2.68.